The van der Waals surface area contributed by atoms with E-state index in [2.05, 4.69) is 26.2 Å². The van der Waals surface area contributed by atoms with Crippen LogP contribution in [0.15, 0.2) is 57.9 Å². The Labute approximate surface area is 189 Å². The minimum absolute atomic E-state index is 0.0642. The van der Waals surface area contributed by atoms with Gasteiger partial charge in [-0.2, -0.15) is 0 Å². The van der Waals surface area contributed by atoms with Gasteiger partial charge in [-0.3, -0.25) is 9.59 Å². The number of carbonyl (C=O) groups is 2. The average molecular weight is 485 g/mol. The molecule has 3 aromatic rings. The first-order valence-corrected chi connectivity index (χ1v) is 10.8. The number of hydrogen-bond donors (Lipinski definition) is 2. The average Bonchev–Trinajstić information content (AvgIpc) is 2.69. The van der Waals surface area contributed by atoms with Crippen molar-refractivity contribution in [3.63, 3.8) is 0 Å². The highest BCUT2D eigenvalue weighted by Crippen LogP contribution is 2.24. The zero-order chi connectivity index (χ0) is 22.8. The third-order valence-electron chi connectivity index (χ3n) is 4.64. The van der Waals surface area contributed by atoms with Crippen LogP contribution in [0.25, 0.3) is 10.9 Å². The van der Waals surface area contributed by atoms with Crippen molar-refractivity contribution in [3.05, 3.63) is 80.0 Å². The minimum atomic E-state index is -0.887. The van der Waals surface area contributed by atoms with E-state index in [0.717, 1.165) is 15.6 Å². The molecule has 1 amide bonds. The van der Waals surface area contributed by atoms with Gasteiger partial charge in [0.1, 0.15) is 17.2 Å². The van der Waals surface area contributed by atoms with Gasteiger partial charge in [0.15, 0.2) is 0 Å². The van der Waals surface area contributed by atoms with Crippen LogP contribution in [0.4, 0.5) is 0 Å². The predicted octanol–water partition coefficient (Wildman–Crippen LogP) is 4.34. The van der Waals surface area contributed by atoms with Crippen molar-refractivity contribution in [2.75, 3.05) is 0 Å². The summed E-state index contributed by atoms with van der Waals surface area (Å²) in [5.41, 5.74) is 1.67. The molecule has 0 spiro atoms. The third-order valence-corrected chi connectivity index (χ3v) is 5.38. The van der Waals surface area contributed by atoms with E-state index in [0.29, 0.717) is 17.3 Å². The normalized spacial score (nSPS) is 12.4. The number of amides is 1. The Kier molecular flexibility index (Phi) is 6.65. The first kappa shape index (κ1) is 22.7. The minimum Gasteiger partial charge on any atom is -0.458 e. The van der Waals surface area contributed by atoms with Crippen LogP contribution in [0, 0.1) is 0 Å². The fraction of sp³-hybridized carbons (Fsp3) is 0.292. The zero-order valence-corrected chi connectivity index (χ0v) is 19.5. The summed E-state index contributed by atoms with van der Waals surface area (Å²) in [6.45, 7) is 6.76. The first-order valence-electron chi connectivity index (χ1n) is 9.96. The van der Waals surface area contributed by atoms with Gasteiger partial charge in [-0.1, -0.05) is 46.3 Å². The largest absolute Gasteiger partial charge is 0.458 e. The van der Waals surface area contributed by atoms with Crippen LogP contribution in [0.1, 0.15) is 49.2 Å². The van der Waals surface area contributed by atoms with Gasteiger partial charge in [-0.15, -0.1) is 0 Å². The number of esters is 1. The Bertz CT molecular complexity index is 1180. The summed E-state index contributed by atoms with van der Waals surface area (Å²) in [6, 6.07) is 12.7. The van der Waals surface area contributed by atoms with Crippen molar-refractivity contribution in [2.24, 2.45) is 0 Å². The van der Waals surface area contributed by atoms with Crippen molar-refractivity contribution >= 4 is 38.7 Å². The summed E-state index contributed by atoms with van der Waals surface area (Å²) in [6.07, 6.45) is 2.08. The fourth-order valence-corrected chi connectivity index (χ4v) is 3.61. The van der Waals surface area contributed by atoms with E-state index in [4.69, 9.17) is 4.74 Å². The third kappa shape index (κ3) is 5.61. The highest BCUT2D eigenvalue weighted by Gasteiger charge is 2.24. The van der Waals surface area contributed by atoms with E-state index in [-0.39, 0.29) is 5.56 Å². The van der Waals surface area contributed by atoms with Crippen LogP contribution in [0.5, 0.6) is 0 Å². The number of fused-ring (bicyclic) bond motifs is 1. The molecule has 2 N–H and O–H groups in total. The van der Waals surface area contributed by atoms with Crippen molar-refractivity contribution in [2.45, 2.75) is 45.8 Å². The summed E-state index contributed by atoms with van der Waals surface area (Å²) in [4.78, 5) is 40.7. The quantitative estimate of drug-likeness (QED) is 0.527. The lowest BCUT2D eigenvalue weighted by Crippen LogP contribution is -2.43. The van der Waals surface area contributed by atoms with Crippen LogP contribution in [0.3, 0.4) is 0 Å². The number of H-pyrrole nitrogens is 1. The molecule has 7 heteroatoms. The number of pyridine rings is 1. The lowest BCUT2D eigenvalue weighted by molar-refractivity contribution is -0.156. The van der Waals surface area contributed by atoms with Gasteiger partial charge >= 0.3 is 5.97 Å². The molecule has 1 heterocycles. The number of nitrogens with one attached hydrogen (secondary N) is 2. The van der Waals surface area contributed by atoms with E-state index in [1.54, 1.807) is 26.8 Å². The van der Waals surface area contributed by atoms with Gasteiger partial charge in [0.2, 0.25) is 5.43 Å². The maximum absolute atomic E-state index is 13.0. The molecule has 6 nitrogen and oxygen atoms in total. The van der Waals surface area contributed by atoms with Gasteiger partial charge in [-0.05, 0) is 57.4 Å². The van der Waals surface area contributed by atoms with E-state index in [1.807, 2.05) is 36.4 Å². The molecule has 0 saturated carbocycles. The van der Waals surface area contributed by atoms with Gasteiger partial charge in [-0.25, -0.2) is 4.79 Å². The van der Waals surface area contributed by atoms with E-state index >= 15 is 0 Å². The summed E-state index contributed by atoms with van der Waals surface area (Å²) in [7, 11) is 0. The number of aromatic nitrogens is 1. The molecule has 0 aliphatic heterocycles. The van der Waals surface area contributed by atoms with Crippen molar-refractivity contribution < 1.29 is 14.3 Å². The monoisotopic (exact) mass is 484 g/mol. The highest BCUT2D eigenvalue weighted by atomic mass is 79.9. The van der Waals surface area contributed by atoms with Gasteiger partial charge in [0, 0.05) is 21.6 Å². The van der Waals surface area contributed by atoms with Crippen molar-refractivity contribution in [3.8, 4) is 0 Å². The molecule has 162 valence electrons. The highest BCUT2D eigenvalue weighted by molar-refractivity contribution is 9.10. The van der Waals surface area contributed by atoms with Crippen molar-refractivity contribution in [1.82, 2.24) is 10.3 Å². The van der Waals surface area contributed by atoms with Crippen LogP contribution in [-0.2, 0) is 16.0 Å². The number of benzene rings is 2. The Hall–Kier alpha value is -2.93. The van der Waals surface area contributed by atoms with E-state index < -0.39 is 28.9 Å². The first-order chi connectivity index (χ1) is 14.5. The number of rotatable bonds is 5. The number of carbonyl (C=O) groups excluding carboxylic acids is 2. The molecule has 0 unspecified atom stereocenters. The van der Waals surface area contributed by atoms with E-state index in [9.17, 15) is 14.4 Å². The van der Waals surface area contributed by atoms with Gasteiger partial charge in [0.25, 0.3) is 5.91 Å². The number of hydrogen-bond acceptors (Lipinski definition) is 4. The number of aromatic amines is 1. The molecule has 31 heavy (non-hydrogen) atoms. The molecule has 0 bridgehead atoms. The zero-order valence-electron chi connectivity index (χ0n) is 17.9. The molecule has 0 aliphatic carbocycles. The number of halogens is 1. The molecule has 2 aromatic carbocycles. The number of ether oxygens (including phenoxy) is 1. The van der Waals surface area contributed by atoms with Gasteiger partial charge < -0.3 is 15.0 Å². The lowest BCUT2D eigenvalue weighted by atomic mass is 10.0. The van der Waals surface area contributed by atoms with Gasteiger partial charge in [0.05, 0.1) is 0 Å². The summed E-state index contributed by atoms with van der Waals surface area (Å²) >= 11 is 3.54. The molecule has 0 aliphatic rings. The van der Waals surface area contributed by atoms with Crippen molar-refractivity contribution in [1.29, 1.82) is 0 Å². The molecule has 1 aromatic heterocycles. The molecular formula is C24H25BrN2O4. The Morgan fingerprint density at radius 1 is 1.16 bits per heavy atom. The second-order valence-electron chi connectivity index (χ2n) is 8.41. The standard InChI is InChI=1S/C24H25BrN2O4/c1-14(23(30)31-24(2,3)4)27-22(29)18-13-26-20-11-16(10-15-8-6-5-7-9-15)19(25)12-17(20)21(18)28/h5-9,11-14H,10H2,1-4H3,(H,26,28)(H,27,29)/t14-/m0/s1. The molecule has 0 radical (unpaired) electrons. The van der Waals surface area contributed by atoms with E-state index in [1.165, 1.54) is 13.1 Å². The SMILES string of the molecule is C[C@H](NC(=O)c1c[nH]c2cc(Cc3ccccc3)c(Br)cc2c1=O)C(=O)OC(C)(C)C. The summed E-state index contributed by atoms with van der Waals surface area (Å²) < 4.78 is 6.05. The van der Waals surface area contributed by atoms with Crippen LogP contribution < -0.4 is 10.7 Å². The summed E-state index contributed by atoms with van der Waals surface area (Å²) in [5.74, 6) is -1.20. The van der Waals surface area contributed by atoms with Crippen LogP contribution in [0.2, 0.25) is 0 Å². The second kappa shape index (κ2) is 9.06. The predicted molar refractivity (Wildman–Crippen MR) is 124 cm³/mol. The molecular weight excluding hydrogens is 460 g/mol. The lowest BCUT2D eigenvalue weighted by Gasteiger charge is -2.22. The van der Waals surface area contributed by atoms with Crippen LogP contribution in [-0.4, -0.2) is 28.5 Å². The Morgan fingerprint density at radius 3 is 2.48 bits per heavy atom. The molecule has 1 atom stereocenters. The Balaban J connectivity index is 1.85. The molecule has 0 fully saturated rings. The molecule has 3 rings (SSSR count). The maximum atomic E-state index is 13.0. The smallest absolute Gasteiger partial charge is 0.328 e. The maximum Gasteiger partial charge on any atom is 0.328 e. The second-order valence-corrected chi connectivity index (χ2v) is 9.27. The summed E-state index contributed by atoms with van der Waals surface area (Å²) in [5, 5.41) is 2.93. The molecule has 0 saturated heterocycles. The fourth-order valence-electron chi connectivity index (χ4n) is 3.13. The topological polar surface area (TPSA) is 88.3 Å². The Morgan fingerprint density at radius 2 is 1.84 bits per heavy atom. The van der Waals surface area contributed by atoms with Crippen LogP contribution >= 0.6 is 15.9 Å².